The van der Waals surface area contributed by atoms with E-state index in [1.54, 1.807) is 0 Å². The second-order valence-electron chi connectivity index (χ2n) is 8.29. The number of anilines is 1. The fourth-order valence-electron chi connectivity index (χ4n) is 4.36. The Bertz CT molecular complexity index is 1100. The van der Waals surface area contributed by atoms with Gasteiger partial charge in [-0.3, -0.25) is 9.69 Å². The fourth-order valence-corrected chi connectivity index (χ4v) is 5.41. The lowest BCUT2D eigenvalue weighted by Gasteiger charge is -2.28. The molecule has 2 heterocycles. The molecule has 1 fully saturated rings. The third kappa shape index (κ3) is 5.51. The Morgan fingerprint density at radius 2 is 2.03 bits per heavy atom. The topological polar surface area (TPSA) is 130 Å². The fraction of sp³-hybridized carbons (Fsp3) is 0.440. The van der Waals surface area contributed by atoms with Crippen LogP contribution in [0.4, 0.5) is 5.82 Å². The van der Waals surface area contributed by atoms with Crippen LogP contribution >= 0.6 is 11.8 Å². The van der Waals surface area contributed by atoms with Gasteiger partial charge in [0.2, 0.25) is 5.91 Å². The van der Waals surface area contributed by atoms with Gasteiger partial charge in [-0.2, -0.15) is 10.5 Å². The normalized spacial score (nSPS) is 16.6. The molecule has 1 aromatic heterocycles. The maximum atomic E-state index is 12.3. The van der Waals surface area contributed by atoms with Crippen molar-refractivity contribution in [1.82, 2.24) is 9.88 Å². The van der Waals surface area contributed by atoms with Crippen molar-refractivity contribution in [3.05, 3.63) is 52.6 Å². The molecule has 1 aliphatic heterocycles. The third-order valence-electron chi connectivity index (χ3n) is 6.21. The van der Waals surface area contributed by atoms with Gasteiger partial charge in [0.1, 0.15) is 28.2 Å². The van der Waals surface area contributed by atoms with Crippen LogP contribution in [0.1, 0.15) is 47.3 Å². The lowest BCUT2D eigenvalue weighted by atomic mass is 10.0. The van der Waals surface area contributed by atoms with E-state index in [2.05, 4.69) is 17.0 Å². The summed E-state index contributed by atoms with van der Waals surface area (Å²) in [5, 5.41) is 29.2. The molecule has 0 aliphatic carbocycles. The monoisotopic (exact) mass is 478 g/mol. The molecule has 2 atom stereocenters. The molecule has 8 nitrogen and oxygen atoms in total. The van der Waals surface area contributed by atoms with Crippen LogP contribution in [0, 0.1) is 22.7 Å². The number of amides is 1. The summed E-state index contributed by atoms with van der Waals surface area (Å²) in [5.74, 6) is -0.0415. The first-order valence-electron chi connectivity index (χ1n) is 11.4. The minimum Gasteiger partial charge on any atom is -0.395 e. The number of pyridine rings is 1. The van der Waals surface area contributed by atoms with Gasteiger partial charge in [-0.1, -0.05) is 49.0 Å². The molecular weight excluding hydrogens is 448 g/mol. The van der Waals surface area contributed by atoms with Crippen LogP contribution in [0.5, 0.6) is 0 Å². The van der Waals surface area contributed by atoms with Crippen LogP contribution in [0.25, 0.3) is 0 Å². The van der Waals surface area contributed by atoms with E-state index in [9.17, 15) is 20.4 Å². The second kappa shape index (κ2) is 11.8. The van der Waals surface area contributed by atoms with Crippen molar-refractivity contribution in [1.29, 1.82) is 10.5 Å². The average molecular weight is 479 g/mol. The van der Waals surface area contributed by atoms with Crippen molar-refractivity contribution in [2.45, 2.75) is 42.5 Å². The minimum atomic E-state index is -0.716. The van der Waals surface area contributed by atoms with E-state index >= 15 is 0 Å². The van der Waals surface area contributed by atoms with Crippen LogP contribution in [0.2, 0.25) is 0 Å². The summed E-state index contributed by atoms with van der Waals surface area (Å²) in [4.78, 5) is 21.2. The van der Waals surface area contributed by atoms with Gasteiger partial charge >= 0.3 is 0 Å². The summed E-state index contributed by atoms with van der Waals surface area (Å²) in [7, 11) is 1.87. The summed E-state index contributed by atoms with van der Waals surface area (Å²) in [6, 6.07) is 13.8. The van der Waals surface area contributed by atoms with Gasteiger partial charge in [0.05, 0.1) is 17.7 Å². The van der Waals surface area contributed by atoms with Gasteiger partial charge < -0.3 is 15.7 Å². The lowest BCUT2D eigenvalue weighted by molar-refractivity contribution is -0.117. The number of benzene rings is 1. The Labute approximate surface area is 205 Å². The summed E-state index contributed by atoms with van der Waals surface area (Å²) in [6.07, 6.45) is 2.52. The Morgan fingerprint density at radius 1 is 1.32 bits per heavy atom. The molecule has 1 aliphatic rings. The molecular formula is C25H30N6O2S. The SMILES string of the molecule is CCc1c(C#N)c(SC(C(N)=O)c2ccccc2)nc(N(C)CCN2CCC[C@H]2CO)c1C#N. The summed E-state index contributed by atoms with van der Waals surface area (Å²) < 4.78 is 0. The number of hydrogen-bond donors (Lipinski definition) is 2. The zero-order valence-corrected chi connectivity index (χ0v) is 20.4. The molecule has 0 saturated carbocycles. The largest absolute Gasteiger partial charge is 0.395 e. The number of thioether (sulfide) groups is 1. The lowest BCUT2D eigenvalue weighted by Crippen LogP contribution is -2.38. The molecule has 0 bridgehead atoms. The van der Waals surface area contributed by atoms with Crippen molar-refractivity contribution in [2.24, 2.45) is 5.73 Å². The van der Waals surface area contributed by atoms with Crippen molar-refractivity contribution < 1.29 is 9.90 Å². The number of rotatable bonds is 10. The number of aliphatic hydroxyl groups excluding tert-OH is 1. The van der Waals surface area contributed by atoms with Gasteiger partial charge in [-0.05, 0) is 36.9 Å². The van der Waals surface area contributed by atoms with Gasteiger partial charge in [0.15, 0.2) is 0 Å². The molecule has 9 heteroatoms. The van der Waals surface area contributed by atoms with Crippen LogP contribution in [-0.4, -0.2) is 60.2 Å². The molecule has 1 amide bonds. The van der Waals surface area contributed by atoms with E-state index in [-0.39, 0.29) is 12.6 Å². The molecule has 3 rings (SSSR count). The number of likely N-dealkylation sites (N-methyl/N-ethyl adjacent to an activating group) is 1. The number of likely N-dealkylation sites (tertiary alicyclic amines) is 1. The molecule has 0 radical (unpaired) electrons. The van der Waals surface area contributed by atoms with E-state index in [4.69, 9.17) is 10.7 Å². The summed E-state index contributed by atoms with van der Waals surface area (Å²) in [5.41, 5.74) is 7.75. The Balaban J connectivity index is 1.98. The number of primary amides is 1. The predicted molar refractivity (Wildman–Crippen MR) is 132 cm³/mol. The van der Waals surface area contributed by atoms with E-state index in [0.29, 0.717) is 40.5 Å². The third-order valence-corrected chi connectivity index (χ3v) is 7.47. The van der Waals surface area contributed by atoms with Crippen molar-refractivity contribution >= 4 is 23.5 Å². The van der Waals surface area contributed by atoms with E-state index < -0.39 is 11.2 Å². The second-order valence-corrected chi connectivity index (χ2v) is 9.39. The van der Waals surface area contributed by atoms with Gasteiger partial charge in [0, 0.05) is 26.2 Å². The Hall–Kier alpha value is -3.11. The number of nitrogens with zero attached hydrogens (tertiary/aromatic N) is 5. The number of nitrogens with two attached hydrogens (primary N) is 1. The maximum Gasteiger partial charge on any atom is 0.235 e. The highest BCUT2D eigenvalue weighted by Gasteiger charge is 2.28. The van der Waals surface area contributed by atoms with Crippen LogP contribution < -0.4 is 10.6 Å². The minimum absolute atomic E-state index is 0.136. The molecule has 1 unspecified atom stereocenters. The van der Waals surface area contributed by atoms with E-state index in [1.807, 2.05) is 49.2 Å². The van der Waals surface area contributed by atoms with Gasteiger partial charge in [0.25, 0.3) is 0 Å². The van der Waals surface area contributed by atoms with Crippen LogP contribution in [0.3, 0.4) is 0 Å². The molecule has 1 aromatic carbocycles. The Kier molecular flexibility index (Phi) is 8.89. The van der Waals surface area contributed by atoms with Gasteiger partial charge in [-0.25, -0.2) is 4.98 Å². The first-order valence-corrected chi connectivity index (χ1v) is 12.3. The number of hydrogen-bond acceptors (Lipinski definition) is 8. The number of carbonyl (C=O) groups excluding carboxylic acids is 1. The molecule has 34 heavy (non-hydrogen) atoms. The van der Waals surface area contributed by atoms with E-state index in [0.717, 1.165) is 43.3 Å². The van der Waals surface area contributed by atoms with E-state index in [1.165, 1.54) is 0 Å². The van der Waals surface area contributed by atoms with Crippen molar-refractivity contribution in [3.63, 3.8) is 0 Å². The number of carbonyl (C=O) groups is 1. The Morgan fingerprint density at radius 3 is 2.62 bits per heavy atom. The standard InChI is InChI=1S/C25H30N6O2S/c1-3-19-20(14-26)24(30(2)12-13-31-11-7-10-18(31)16-32)29-25(21(19)15-27)34-22(23(28)33)17-8-5-4-6-9-17/h4-6,8-9,18,22,32H,3,7,10-13,16H2,1-2H3,(H2,28,33)/t18-,22?/m0/s1. The summed E-state index contributed by atoms with van der Waals surface area (Å²) >= 11 is 1.14. The highest BCUT2D eigenvalue weighted by molar-refractivity contribution is 8.00. The highest BCUT2D eigenvalue weighted by Crippen LogP contribution is 2.39. The van der Waals surface area contributed by atoms with Crippen molar-refractivity contribution in [2.75, 3.05) is 38.2 Å². The smallest absolute Gasteiger partial charge is 0.235 e. The van der Waals surface area contributed by atoms with Crippen molar-refractivity contribution in [3.8, 4) is 12.1 Å². The molecule has 1 saturated heterocycles. The average Bonchev–Trinajstić information content (AvgIpc) is 3.32. The number of nitriles is 2. The summed E-state index contributed by atoms with van der Waals surface area (Å²) in [6.45, 7) is 4.30. The number of aromatic nitrogens is 1. The molecule has 3 N–H and O–H groups in total. The van der Waals surface area contributed by atoms with Crippen LogP contribution in [-0.2, 0) is 11.2 Å². The molecule has 2 aromatic rings. The number of aliphatic hydroxyl groups is 1. The zero-order chi connectivity index (χ0) is 24.7. The quantitative estimate of drug-likeness (QED) is 0.498. The first-order chi connectivity index (χ1) is 16.4. The first kappa shape index (κ1) is 25.5. The van der Waals surface area contributed by atoms with Gasteiger partial charge in [-0.15, -0.1) is 0 Å². The molecule has 0 spiro atoms. The highest BCUT2D eigenvalue weighted by atomic mass is 32.2. The zero-order valence-electron chi connectivity index (χ0n) is 19.6. The molecule has 178 valence electrons. The van der Waals surface area contributed by atoms with Crippen LogP contribution in [0.15, 0.2) is 35.4 Å². The maximum absolute atomic E-state index is 12.3. The predicted octanol–water partition coefficient (Wildman–Crippen LogP) is 2.60.